The van der Waals surface area contributed by atoms with Crippen molar-refractivity contribution in [3.05, 3.63) is 0 Å². The summed E-state index contributed by atoms with van der Waals surface area (Å²) in [6, 6.07) is 0. The van der Waals surface area contributed by atoms with E-state index in [2.05, 4.69) is 16.1 Å². The summed E-state index contributed by atoms with van der Waals surface area (Å²) >= 11 is 0. The van der Waals surface area contributed by atoms with E-state index in [9.17, 15) is 0 Å². The van der Waals surface area contributed by atoms with Gasteiger partial charge in [-0.15, -0.1) is 12.3 Å². The minimum absolute atomic E-state index is 0.937. The number of hydrogen-bond acceptors (Lipinski definition) is 2. The molecule has 0 aromatic heterocycles. The van der Waals surface area contributed by atoms with Crippen molar-refractivity contribution in [2.45, 2.75) is 25.7 Å². The van der Waals surface area contributed by atoms with Gasteiger partial charge in [0.2, 0.25) is 0 Å². The Morgan fingerprint density at radius 3 is 3.00 bits per heavy atom. The highest BCUT2D eigenvalue weighted by atomic mass is 15.1. The fourth-order valence-corrected chi connectivity index (χ4v) is 1.69. The van der Waals surface area contributed by atoms with Gasteiger partial charge in [-0.25, -0.2) is 0 Å². The van der Waals surface area contributed by atoms with Crippen molar-refractivity contribution in [2.24, 2.45) is 0 Å². The molecule has 2 nitrogen and oxygen atoms in total. The Morgan fingerprint density at radius 1 is 1.23 bits per heavy atom. The van der Waals surface area contributed by atoms with Gasteiger partial charge in [0.1, 0.15) is 0 Å². The lowest BCUT2D eigenvalue weighted by Gasteiger charge is -2.18. The smallest absolute Gasteiger partial charge is 0.0107 e. The number of terminal acetylenes is 1. The summed E-state index contributed by atoms with van der Waals surface area (Å²) in [7, 11) is 0. The first-order valence-electron chi connectivity index (χ1n) is 5.30. The van der Waals surface area contributed by atoms with E-state index in [1.54, 1.807) is 0 Å². The third-order valence-electron chi connectivity index (χ3n) is 2.48. The fourth-order valence-electron chi connectivity index (χ4n) is 1.69. The van der Waals surface area contributed by atoms with Crippen LogP contribution < -0.4 is 5.32 Å². The van der Waals surface area contributed by atoms with Crippen LogP contribution in [-0.4, -0.2) is 37.6 Å². The molecule has 13 heavy (non-hydrogen) atoms. The van der Waals surface area contributed by atoms with E-state index in [-0.39, 0.29) is 0 Å². The van der Waals surface area contributed by atoms with Gasteiger partial charge >= 0.3 is 0 Å². The Balaban J connectivity index is 2.02. The third-order valence-corrected chi connectivity index (χ3v) is 2.48. The van der Waals surface area contributed by atoms with Crippen LogP contribution in [0.2, 0.25) is 0 Å². The summed E-state index contributed by atoms with van der Waals surface area (Å²) in [6.45, 7) is 6.01. The van der Waals surface area contributed by atoms with Crippen molar-refractivity contribution < 1.29 is 0 Å². The Morgan fingerprint density at radius 2 is 2.15 bits per heavy atom. The summed E-state index contributed by atoms with van der Waals surface area (Å²) in [4.78, 5) is 2.54. The molecule has 2 heteroatoms. The molecule has 0 aromatic rings. The second-order valence-corrected chi connectivity index (χ2v) is 3.61. The zero-order valence-corrected chi connectivity index (χ0v) is 8.39. The van der Waals surface area contributed by atoms with E-state index in [4.69, 9.17) is 6.42 Å². The van der Waals surface area contributed by atoms with E-state index < -0.39 is 0 Å². The van der Waals surface area contributed by atoms with Crippen molar-refractivity contribution in [2.75, 3.05) is 32.7 Å². The van der Waals surface area contributed by atoms with Crippen LogP contribution in [0.25, 0.3) is 0 Å². The zero-order chi connectivity index (χ0) is 9.36. The summed E-state index contributed by atoms with van der Waals surface area (Å²) < 4.78 is 0. The lowest BCUT2D eigenvalue weighted by molar-refractivity contribution is 0.286. The summed E-state index contributed by atoms with van der Waals surface area (Å²) in [6.07, 6.45) is 9.86. The number of rotatable bonds is 4. The Kier molecular flexibility index (Phi) is 5.64. The minimum Gasteiger partial charge on any atom is -0.315 e. The monoisotopic (exact) mass is 180 g/mol. The highest BCUT2D eigenvalue weighted by molar-refractivity contribution is 4.83. The first kappa shape index (κ1) is 10.6. The van der Waals surface area contributed by atoms with Crippen molar-refractivity contribution >= 4 is 0 Å². The number of nitrogens with one attached hydrogen (secondary N) is 1. The van der Waals surface area contributed by atoms with Gasteiger partial charge in [0.05, 0.1) is 0 Å². The molecule has 0 aromatic carbocycles. The Hall–Kier alpha value is -0.520. The molecule has 1 heterocycles. The minimum atomic E-state index is 0.937. The summed E-state index contributed by atoms with van der Waals surface area (Å²) in [5, 5.41) is 3.40. The lowest BCUT2D eigenvalue weighted by atomic mass is 10.2. The van der Waals surface area contributed by atoms with E-state index in [1.165, 1.54) is 45.4 Å². The molecule has 1 aliphatic rings. The molecule has 0 amide bonds. The molecule has 0 aliphatic carbocycles. The maximum Gasteiger partial charge on any atom is 0.0107 e. The molecule has 1 aliphatic heterocycles. The molecule has 74 valence electrons. The number of hydrogen-bond donors (Lipinski definition) is 1. The molecule has 1 rings (SSSR count). The highest BCUT2D eigenvalue weighted by Gasteiger charge is 2.06. The summed E-state index contributed by atoms with van der Waals surface area (Å²) in [5.74, 6) is 2.69. The first-order chi connectivity index (χ1) is 6.43. The molecule has 0 unspecified atom stereocenters. The molecule has 0 spiro atoms. The van der Waals surface area contributed by atoms with Gasteiger partial charge in [-0.3, -0.25) is 0 Å². The highest BCUT2D eigenvalue weighted by Crippen LogP contribution is 2.00. The zero-order valence-electron chi connectivity index (χ0n) is 8.39. The predicted octanol–water partition coefficient (Wildman–Crippen LogP) is 1.09. The number of unbranched alkanes of at least 4 members (excludes halogenated alkanes) is 2. The standard InChI is InChI=1S/C11H20N2/c1-2-3-4-5-9-13-10-6-7-12-8-11-13/h1,12H,3-11H2. The van der Waals surface area contributed by atoms with E-state index in [1.807, 2.05) is 0 Å². The van der Waals surface area contributed by atoms with Gasteiger partial charge in [0.15, 0.2) is 0 Å². The molecule has 0 saturated carbocycles. The lowest BCUT2D eigenvalue weighted by Crippen LogP contribution is -2.28. The average molecular weight is 180 g/mol. The van der Waals surface area contributed by atoms with Gasteiger partial charge in [0.25, 0.3) is 0 Å². The van der Waals surface area contributed by atoms with E-state index in [0.29, 0.717) is 0 Å². The molecule has 0 radical (unpaired) electrons. The van der Waals surface area contributed by atoms with Crippen LogP contribution in [0.1, 0.15) is 25.7 Å². The van der Waals surface area contributed by atoms with Crippen molar-refractivity contribution in [3.8, 4) is 12.3 Å². The average Bonchev–Trinajstić information content (AvgIpc) is 2.41. The van der Waals surface area contributed by atoms with Crippen LogP contribution >= 0.6 is 0 Å². The maximum absolute atomic E-state index is 5.20. The molecule has 1 saturated heterocycles. The van der Waals surface area contributed by atoms with Gasteiger partial charge in [0, 0.05) is 19.5 Å². The largest absolute Gasteiger partial charge is 0.315 e. The van der Waals surface area contributed by atoms with Gasteiger partial charge in [-0.2, -0.15) is 0 Å². The van der Waals surface area contributed by atoms with Crippen molar-refractivity contribution in [3.63, 3.8) is 0 Å². The quantitative estimate of drug-likeness (QED) is 0.514. The topological polar surface area (TPSA) is 15.3 Å². The van der Waals surface area contributed by atoms with Gasteiger partial charge < -0.3 is 10.2 Å². The van der Waals surface area contributed by atoms with E-state index >= 15 is 0 Å². The van der Waals surface area contributed by atoms with Crippen molar-refractivity contribution in [1.29, 1.82) is 0 Å². The maximum atomic E-state index is 5.20. The van der Waals surface area contributed by atoms with Crippen LogP contribution in [0.3, 0.4) is 0 Å². The van der Waals surface area contributed by atoms with Crippen LogP contribution in [0, 0.1) is 12.3 Å². The predicted molar refractivity (Wildman–Crippen MR) is 56.6 cm³/mol. The third kappa shape index (κ3) is 4.92. The van der Waals surface area contributed by atoms with Gasteiger partial charge in [-0.1, -0.05) is 0 Å². The fraction of sp³-hybridized carbons (Fsp3) is 0.818. The van der Waals surface area contributed by atoms with Crippen molar-refractivity contribution in [1.82, 2.24) is 10.2 Å². The normalized spacial score (nSPS) is 19.3. The molecule has 0 atom stereocenters. The Labute approximate surface area is 81.7 Å². The van der Waals surface area contributed by atoms with Crippen LogP contribution in [0.4, 0.5) is 0 Å². The Bertz CT molecular complexity index is 152. The first-order valence-corrected chi connectivity index (χ1v) is 5.30. The molecule has 0 bridgehead atoms. The molecule has 1 fully saturated rings. The second kappa shape index (κ2) is 6.94. The number of nitrogens with zero attached hydrogens (tertiary/aromatic N) is 1. The van der Waals surface area contributed by atoms with Crippen LogP contribution in [0.15, 0.2) is 0 Å². The van der Waals surface area contributed by atoms with Crippen LogP contribution in [-0.2, 0) is 0 Å². The van der Waals surface area contributed by atoms with E-state index in [0.717, 1.165) is 13.0 Å². The second-order valence-electron chi connectivity index (χ2n) is 3.61. The van der Waals surface area contributed by atoms with Gasteiger partial charge in [-0.05, 0) is 38.9 Å². The molecular weight excluding hydrogens is 160 g/mol. The molecule has 1 N–H and O–H groups in total. The SMILES string of the molecule is C#CCCCCN1CCCNCC1. The molecular formula is C11H20N2. The van der Waals surface area contributed by atoms with Crippen LogP contribution in [0.5, 0.6) is 0 Å². The summed E-state index contributed by atoms with van der Waals surface area (Å²) in [5.41, 5.74) is 0.